The number of fused-ring (bicyclic) bond motifs is 1. The Morgan fingerprint density at radius 2 is 1.59 bits per heavy atom. The first-order valence-electron chi connectivity index (χ1n) is 8.64. The average molecular weight is 377 g/mol. The summed E-state index contributed by atoms with van der Waals surface area (Å²) in [5.41, 5.74) is 1.57. The molecule has 1 amide bonds. The van der Waals surface area contributed by atoms with Crippen molar-refractivity contribution in [2.75, 3.05) is 47.9 Å². The summed E-state index contributed by atoms with van der Waals surface area (Å²) in [6, 6.07) is 11.0. The van der Waals surface area contributed by atoms with E-state index in [1.54, 1.807) is 12.1 Å². The van der Waals surface area contributed by atoms with Gasteiger partial charge in [-0.15, -0.1) is 0 Å². The molecule has 0 radical (unpaired) electrons. The van der Waals surface area contributed by atoms with Crippen LogP contribution in [0.5, 0.6) is 5.75 Å². The molecule has 5 nitrogen and oxygen atoms in total. The summed E-state index contributed by atoms with van der Waals surface area (Å²) < 4.78 is 44.2. The number of carbonyl (C=O) groups excluding carboxylic acids is 1. The molecule has 0 spiro atoms. The third kappa shape index (κ3) is 3.65. The van der Waals surface area contributed by atoms with E-state index >= 15 is 0 Å². The molecule has 142 valence electrons. The first-order valence-corrected chi connectivity index (χ1v) is 8.64. The van der Waals surface area contributed by atoms with Gasteiger partial charge in [0.05, 0.1) is 11.3 Å². The van der Waals surface area contributed by atoms with Gasteiger partial charge in [-0.2, -0.15) is 13.2 Å². The Labute approximate surface area is 154 Å². The molecule has 2 heterocycles. The van der Waals surface area contributed by atoms with E-state index in [1.807, 2.05) is 17.0 Å². The lowest BCUT2D eigenvalue weighted by Crippen LogP contribution is -2.46. The van der Waals surface area contributed by atoms with Crippen LogP contribution in [0, 0.1) is 0 Å². The maximum Gasteiger partial charge on any atom is 0.416 e. The number of piperazine rings is 1. The Morgan fingerprint density at radius 3 is 2.26 bits per heavy atom. The topological polar surface area (TPSA) is 44.8 Å². The molecule has 8 heteroatoms. The van der Waals surface area contributed by atoms with Gasteiger partial charge in [0, 0.05) is 43.6 Å². The number of rotatable bonds is 2. The molecule has 1 N–H and O–H groups in total. The van der Waals surface area contributed by atoms with Gasteiger partial charge < -0.3 is 19.9 Å². The van der Waals surface area contributed by atoms with Crippen molar-refractivity contribution in [3.05, 3.63) is 48.0 Å². The molecule has 0 aromatic heterocycles. The van der Waals surface area contributed by atoms with Crippen molar-refractivity contribution in [2.45, 2.75) is 6.18 Å². The highest BCUT2D eigenvalue weighted by Gasteiger charge is 2.31. The summed E-state index contributed by atoms with van der Waals surface area (Å²) in [7, 11) is 0. The number of carbonyl (C=O) groups is 1. The predicted molar refractivity (Wildman–Crippen MR) is 96.4 cm³/mol. The van der Waals surface area contributed by atoms with E-state index in [2.05, 4.69) is 10.2 Å². The Hall–Kier alpha value is -2.90. The molecule has 2 aliphatic heterocycles. The fourth-order valence-corrected chi connectivity index (χ4v) is 3.36. The van der Waals surface area contributed by atoms with Gasteiger partial charge in [-0.05, 0) is 30.3 Å². The molecule has 0 saturated carbocycles. The van der Waals surface area contributed by atoms with E-state index in [4.69, 9.17) is 4.74 Å². The van der Waals surface area contributed by atoms with Crippen molar-refractivity contribution >= 4 is 23.0 Å². The Balaban J connectivity index is 1.44. The minimum atomic E-state index is -4.34. The molecule has 27 heavy (non-hydrogen) atoms. The number of ether oxygens (including phenoxy) is 1. The second-order valence-corrected chi connectivity index (χ2v) is 6.54. The van der Waals surface area contributed by atoms with Crippen LogP contribution in [0.1, 0.15) is 5.56 Å². The molecule has 0 atom stereocenters. The molecule has 2 aliphatic rings. The molecular weight excluding hydrogens is 359 g/mol. The highest BCUT2D eigenvalue weighted by atomic mass is 19.4. The number of anilines is 3. The largest absolute Gasteiger partial charge is 0.482 e. The molecule has 2 aromatic carbocycles. The summed E-state index contributed by atoms with van der Waals surface area (Å²) in [5.74, 6) is 0.456. The minimum absolute atomic E-state index is 0.000221. The summed E-state index contributed by atoms with van der Waals surface area (Å²) >= 11 is 0. The van der Waals surface area contributed by atoms with E-state index < -0.39 is 11.7 Å². The zero-order valence-corrected chi connectivity index (χ0v) is 14.4. The summed E-state index contributed by atoms with van der Waals surface area (Å²) in [6.45, 7) is 2.61. The van der Waals surface area contributed by atoms with E-state index in [0.29, 0.717) is 43.3 Å². The van der Waals surface area contributed by atoms with Crippen molar-refractivity contribution in [1.82, 2.24) is 0 Å². The second-order valence-electron chi connectivity index (χ2n) is 6.54. The van der Waals surface area contributed by atoms with Crippen molar-refractivity contribution < 1.29 is 22.7 Å². The minimum Gasteiger partial charge on any atom is -0.482 e. The van der Waals surface area contributed by atoms with Gasteiger partial charge in [0.2, 0.25) is 0 Å². The smallest absolute Gasteiger partial charge is 0.416 e. The summed E-state index contributed by atoms with van der Waals surface area (Å²) in [4.78, 5) is 15.5. The highest BCUT2D eigenvalue weighted by molar-refractivity contribution is 5.95. The maximum absolute atomic E-state index is 12.9. The van der Waals surface area contributed by atoms with E-state index in [0.717, 1.165) is 11.8 Å². The van der Waals surface area contributed by atoms with Crippen LogP contribution >= 0.6 is 0 Å². The monoisotopic (exact) mass is 377 g/mol. The lowest BCUT2D eigenvalue weighted by molar-refractivity contribution is -0.137. The van der Waals surface area contributed by atoms with E-state index in [9.17, 15) is 18.0 Å². The van der Waals surface area contributed by atoms with Gasteiger partial charge in [0.15, 0.2) is 6.61 Å². The molecule has 2 aromatic rings. The van der Waals surface area contributed by atoms with Crippen LogP contribution in [-0.2, 0) is 11.0 Å². The lowest BCUT2D eigenvalue weighted by Gasteiger charge is -2.38. The summed E-state index contributed by atoms with van der Waals surface area (Å²) in [6.07, 6.45) is -4.34. The lowest BCUT2D eigenvalue weighted by atomic mass is 10.1. The predicted octanol–water partition coefficient (Wildman–Crippen LogP) is 3.36. The SMILES string of the molecule is O=C1COc2cc(N3CCN(c4cccc(C(F)(F)F)c4)CC3)ccc2N1. The first-order chi connectivity index (χ1) is 12.9. The van der Waals surface area contributed by atoms with E-state index in [-0.39, 0.29) is 12.5 Å². The Morgan fingerprint density at radius 1 is 0.926 bits per heavy atom. The Kier molecular flexibility index (Phi) is 4.33. The van der Waals surface area contributed by atoms with Crippen LogP contribution < -0.4 is 19.9 Å². The van der Waals surface area contributed by atoms with Gasteiger partial charge in [0.25, 0.3) is 5.91 Å². The zero-order valence-electron chi connectivity index (χ0n) is 14.4. The first kappa shape index (κ1) is 17.5. The standard InChI is InChI=1S/C19H18F3N3O2/c20-19(21,22)13-2-1-3-14(10-13)24-6-8-25(9-7-24)15-4-5-16-17(11-15)27-12-18(26)23-16/h1-5,10-11H,6-9,12H2,(H,23,26). The van der Waals surface area contributed by atoms with E-state index in [1.165, 1.54) is 12.1 Å². The number of benzene rings is 2. The van der Waals surface area contributed by atoms with Crippen LogP contribution in [0.3, 0.4) is 0 Å². The number of alkyl halides is 3. The summed E-state index contributed by atoms with van der Waals surface area (Å²) in [5, 5.41) is 2.75. The molecule has 0 unspecified atom stereocenters. The molecule has 4 rings (SSSR count). The van der Waals surface area contributed by atoms with Crippen LogP contribution in [0.15, 0.2) is 42.5 Å². The number of nitrogens with zero attached hydrogens (tertiary/aromatic N) is 2. The second kappa shape index (κ2) is 6.68. The number of hydrogen-bond donors (Lipinski definition) is 1. The van der Waals surface area contributed by atoms with Gasteiger partial charge in [0.1, 0.15) is 5.75 Å². The van der Waals surface area contributed by atoms with Crippen LogP contribution in [0.4, 0.5) is 30.2 Å². The third-order valence-corrected chi connectivity index (χ3v) is 4.78. The molecule has 1 saturated heterocycles. The normalized spacial score (nSPS) is 17.2. The van der Waals surface area contributed by atoms with Gasteiger partial charge in [-0.1, -0.05) is 6.07 Å². The number of halogens is 3. The fraction of sp³-hybridized carbons (Fsp3) is 0.316. The molecule has 0 aliphatic carbocycles. The quantitative estimate of drug-likeness (QED) is 0.872. The molecule has 1 fully saturated rings. The number of hydrogen-bond acceptors (Lipinski definition) is 4. The molecular formula is C19H18F3N3O2. The van der Waals surface area contributed by atoms with Crippen molar-refractivity contribution in [2.24, 2.45) is 0 Å². The third-order valence-electron chi connectivity index (χ3n) is 4.78. The van der Waals surface area contributed by atoms with Gasteiger partial charge >= 0.3 is 6.18 Å². The maximum atomic E-state index is 12.9. The number of amides is 1. The van der Waals surface area contributed by atoms with Crippen molar-refractivity contribution in [3.8, 4) is 5.75 Å². The highest BCUT2D eigenvalue weighted by Crippen LogP contribution is 2.34. The molecule has 0 bridgehead atoms. The Bertz CT molecular complexity index is 862. The van der Waals surface area contributed by atoms with Gasteiger partial charge in [-0.3, -0.25) is 4.79 Å². The van der Waals surface area contributed by atoms with Crippen molar-refractivity contribution in [1.29, 1.82) is 0 Å². The zero-order chi connectivity index (χ0) is 19.0. The fourth-order valence-electron chi connectivity index (χ4n) is 3.36. The average Bonchev–Trinajstić information content (AvgIpc) is 2.67. The van der Waals surface area contributed by atoms with Crippen molar-refractivity contribution in [3.63, 3.8) is 0 Å². The number of nitrogens with one attached hydrogen (secondary N) is 1. The van der Waals surface area contributed by atoms with Gasteiger partial charge in [-0.25, -0.2) is 0 Å². The van der Waals surface area contributed by atoms with Crippen LogP contribution in [-0.4, -0.2) is 38.7 Å². The van der Waals surface area contributed by atoms with Crippen LogP contribution in [0.25, 0.3) is 0 Å². The van der Waals surface area contributed by atoms with Crippen LogP contribution in [0.2, 0.25) is 0 Å².